The van der Waals surface area contributed by atoms with Crippen molar-refractivity contribution in [2.45, 2.75) is 56.9 Å². The first-order chi connectivity index (χ1) is 14.1. The number of nitrogens with zero attached hydrogens (tertiary/aromatic N) is 2. The number of H-pyrrole nitrogens is 1. The first kappa shape index (κ1) is 18.2. The van der Waals surface area contributed by atoms with Crippen LogP contribution < -0.4 is 10.6 Å². The zero-order valence-corrected chi connectivity index (χ0v) is 16.6. The predicted octanol–water partition coefficient (Wildman–Crippen LogP) is 2.65. The molecule has 1 fully saturated rings. The van der Waals surface area contributed by atoms with Crippen LogP contribution in [-0.2, 0) is 28.9 Å². The highest BCUT2D eigenvalue weighted by Gasteiger charge is 2.44. The van der Waals surface area contributed by atoms with Crippen molar-refractivity contribution in [3.8, 4) is 0 Å². The fraction of sp³-hybridized carbons (Fsp3) is 0.500. The Morgan fingerprint density at radius 1 is 1.10 bits per heavy atom. The molecule has 7 heteroatoms. The van der Waals surface area contributed by atoms with E-state index in [1.54, 1.807) is 0 Å². The quantitative estimate of drug-likeness (QED) is 0.748. The van der Waals surface area contributed by atoms with E-state index < -0.39 is 5.54 Å². The van der Waals surface area contributed by atoms with E-state index >= 15 is 0 Å². The monoisotopic (exact) mass is 393 g/mol. The van der Waals surface area contributed by atoms with Crippen molar-refractivity contribution in [2.24, 2.45) is 0 Å². The summed E-state index contributed by atoms with van der Waals surface area (Å²) in [5, 5.41) is 14.1. The first-order valence-corrected chi connectivity index (χ1v) is 10.7. The summed E-state index contributed by atoms with van der Waals surface area (Å²) < 4.78 is 0. The molecule has 3 N–H and O–H groups in total. The minimum Gasteiger partial charge on any atom is -0.369 e. The van der Waals surface area contributed by atoms with Crippen LogP contribution in [0.15, 0.2) is 24.3 Å². The number of hydrogen-bond donors (Lipinski definition) is 3. The first-order valence-electron chi connectivity index (χ1n) is 10.7. The van der Waals surface area contributed by atoms with Gasteiger partial charge in [0.15, 0.2) is 0 Å². The number of aromatic amines is 1. The van der Waals surface area contributed by atoms with Crippen LogP contribution in [0.4, 0.5) is 11.4 Å². The van der Waals surface area contributed by atoms with Gasteiger partial charge in [-0.1, -0.05) is 12.1 Å². The Morgan fingerprint density at radius 2 is 1.86 bits per heavy atom. The van der Waals surface area contributed by atoms with Crippen LogP contribution in [0, 0.1) is 0 Å². The van der Waals surface area contributed by atoms with E-state index in [0.29, 0.717) is 38.8 Å². The van der Waals surface area contributed by atoms with Gasteiger partial charge in [-0.2, -0.15) is 5.10 Å². The number of benzene rings is 1. The van der Waals surface area contributed by atoms with E-state index in [1.165, 1.54) is 24.1 Å². The highest BCUT2D eigenvalue weighted by molar-refractivity contribution is 6.06. The van der Waals surface area contributed by atoms with Crippen LogP contribution in [0.1, 0.15) is 49.1 Å². The highest BCUT2D eigenvalue weighted by Crippen LogP contribution is 2.36. The number of carbonyl (C=O) groups excluding carboxylic acids is 2. The van der Waals surface area contributed by atoms with Gasteiger partial charge in [0.05, 0.1) is 17.1 Å². The van der Waals surface area contributed by atoms with Crippen molar-refractivity contribution in [3.05, 3.63) is 41.2 Å². The maximum Gasteiger partial charge on any atom is 0.250 e. The molecule has 1 aromatic carbocycles. The summed E-state index contributed by atoms with van der Waals surface area (Å²) in [4.78, 5) is 27.4. The molecule has 1 spiro atoms. The third-order valence-electron chi connectivity index (χ3n) is 6.67. The lowest BCUT2D eigenvalue weighted by Crippen LogP contribution is -2.59. The zero-order chi connectivity index (χ0) is 19.8. The molecule has 1 saturated heterocycles. The van der Waals surface area contributed by atoms with Gasteiger partial charge in [0.2, 0.25) is 11.8 Å². The average molecular weight is 393 g/mol. The third kappa shape index (κ3) is 3.28. The van der Waals surface area contributed by atoms with E-state index in [-0.39, 0.29) is 11.8 Å². The topological polar surface area (TPSA) is 90.1 Å². The molecular weight excluding hydrogens is 366 g/mol. The summed E-state index contributed by atoms with van der Waals surface area (Å²) in [6.45, 7) is 1.19. The smallest absolute Gasteiger partial charge is 0.250 e. The summed E-state index contributed by atoms with van der Waals surface area (Å²) in [7, 11) is 0. The molecule has 0 atom stereocenters. The number of aromatic nitrogens is 2. The maximum absolute atomic E-state index is 12.8. The number of carbonyl (C=O) groups is 2. The van der Waals surface area contributed by atoms with E-state index in [0.717, 1.165) is 29.9 Å². The van der Waals surface area contributed by atoms with Crippen molar-refractivity contribution in [1.82, 2.24) is 15.1 Å². The molecule has 0 bridgehead atoms. The number of para-hydroxylation sites is 2. The summed E-state index contributed by atoms with van der Waals surface area (Å²) in [5.74, 6) is 0.162. The summed E-state index contributed by atoms with van der Waals surface area (Å²) in [6.07, 6.45) is 6.99. The number of anilines is 2. The summed E-state index contributed by atoms with van der Waals surface area (Å²) in [5.41, 5.74) is 4.81. The molecule has 2 aromatic rings. The minimum atomic E-state index is -0.619. The fourth-order valence-electron chi connectivity index (χ4n) is 4.89. The van der Waals surface area contributed by atoms with Crippen LogP contribution in [0.5, 0.6) is 0 Å². The molecule has 2 aliphatic heterocycles. The number of rotatable bonds is 3. The SMILES string of the molecule is O=C(CCc1n[nH]c2c1CCCC2)N1CCC2(CC1)Nc1ccccc1NC2=O. The number of nitrogens with one attached hydrogen (secondary N) is 3. The Balaban J connectivity index is 1.19. The summed E-state index contributed by atoms with van der Waals surface area (Å²) >= 11 is 0. The molecule has 29 heavy (non-hydrogen) atoms. The van der Waals surface area contributed by atoms with Gasteiger partial charge in [-0.05, 0) is 56.2 Å². The van der Waals surface area contributed by atoms with Gasteiger partial charge in [-0.3, -0.25) is 14.7 Å². The maximum atomic E-state index is 12.8. The number of hydrogen-bond acceptors (Lipinski definition) is 4. The van der Waals surface area contributed by atoms with E-state index in [1.807, 2.05) is 29.2 Å². The van der Waals surface area contributed by atoms with Crippen LogP contribution in [0.3, 0.4) is 0 Å². The number of piperidine rings is 1. The largest absolute Gasteiger partial charge is 0.369 e. The Bertz CT molecular complexity index is 942. The lowest BCUT2D eigenvalue weighted by atomic mass is 9.84. The summed E-state index contributed by atoms with van der Waals surface area (Å²) in [6, 6.07) is 7.76. The van der Waals surface area contributed by atoms with Gasteiger partial charge >= 0.3 is 0 Å². The molecule has 1 aromatic heterocycles. The standard InChI is InChI=1S/C22H27N5O2/c28-20(10-9-17-15-5-1-2-6-16(15)25-26-17)27-13-11-22(12-14-27)21(29)23-18-7-3-4-8-19(18)24-22/h3-4,7-8,24H,1-2,5-6,9-14H2,(H,23,29)(H,25,26). The van der Waals surface area contributed by atoms with Crippen molar-refractivity contribution >= 4 is 23.2 Å². The number of aryl methyl sites for hydroxylation is 2. The van der Waals surface area contributed by atoms with E-state index in [9.17, 15) is 9.59 Å². The van der Waals surface area contributed by atoms with Crippen LogP contribution >= 0.6 is 0 Å². The van der Waals surface area contributed by atoms with Gasteiger partial charge in [0.25, 0.3) is 0 Å². The predicted molar refractivity (Wildman–Crippen MR) is 111 cm³/mol. The van der Waals surface area contributed by atoms with Gasteiger partial charge in [-0.15, -0.1) is 0 Å². The van der Waals surface area contributed by atoms with Gasteiger partial charge in [0, 0.05) is 31.6 Å². The molecule has 7 nitrogen and oxygen atoms in total. The Kier molecular flexibility index (Phi) is 4.53. The Morgan fingerprint density at radius 3 is 2.69 bits per heavy atom. The second-order valence-electron chi connectivity index (χ2n) is 8.42. The molecule has 0 radical (unpaired) electrons. The van der Waals surface area contributed by atoms with Crippen molar-refractivity contribution in [3.63, 3.8) is 0 Å². The lowest BCUT2D eigenvalue weighted by molar-refractivity contribution is -0.134. The van der Waals surface area contributed by atoms with Crippen molar-refractivity contribution in [2.75, 3.05) is 23.7 Å². The Labute approximate surface area is 170 Å². The molecule has 3 aliphatic rings. The zero-order valence-electron chi connectivity index (χ0n) is 16.6. The highest BCUT2D eigenvalue weighted by atomic mass is 16.2. The minimum absolute atomic E-state index is 0.00597. The van der Waals surface area contributed by atoms with E-state index in [2.05, 4.69) is 20.8 Å². The lowest BCUT2D eigenvalue weighted by Gasteiger charge is -2.44. The molecule has 3 heterocycles. The molecule has 152 valence electrons. The number of fused-ring (bicyclic) bond motifs is 2. The molecular formula is C22H27N5O2. The third-order valence-corrected chi connectivity index (χ3v) is 6.67. The molecule has 5 rings (SSSR count). The normalized spacial score (nSPS) is 19.9. The van der Waals surface area contributed by atoms with Gasteiger partial charge < -0.3 is 15.5 Å². The second kappa shape index (κ2) is 7.21. The van der Waals surface area contributed by atoms with Gasteiger partial charge in [0.1, 0.15) is 5.54 Å². The van der Waals surface area contributed by atoms with Crippen LogP contribution in [0.2, 0.25) is 0 Å². The van der Waals surface area contributed by atoms with Crippen LogP contribution in [-0.4, -0.2) is 45.5 Å². The second-order valence-corrected chi connectivity index (χ2v) is 8.42. The van der Waals surface area contributed by atoms with E-state index in [4.69, 9.17) is 0 Å². The van der Waals surface area contributed by atoms with Crippen molar-refractivity contribution in [1.29, 1.82) is 0 Å². The molecule has 0 unspecified atom stereocenters. The molecule has 1 aliphatic carbocycles. The Hall–Kier alpha value is -2.83. The molecule has 2 amide bonds. The van der Waals surface area contributed by atoms with Gasteiger partial charge in [-0.25, -0.2) is 0 Å². The number of likely N-dealkylation sites (tertiary alicyclic amines) is 1. The fourth-order valence-corrected chi connectivity index (χ4v) is 4.89. The number of amides is 2. The molecule has 0 saturated carbocycles. The van der Waals surface area contributed by atoms with Crippen molar-refractivity contribution < 1.29 is 9.59 Å². The average Bonchev–Trinajstić information content (AvgIpc) is 3.17. The van der Waals surface area contributed by atoms with Crippen LogP contribution in [0.25, 0.3) is 0 Å².